The summed E-state index contributed by atoms with van der Waals surface area (Å²) in [6, 6.07) is 78.4. The Morgan fingerprint density at radius 3 is 1.09 bits per heavy atom. The van der Waals surface area contributed by atoms with E-state index in [0.717, 1.165) is 12.8 Å². The molecule has 65 heavy (non-hydrogen) atoms. The van der Waals surface area contributed by atoms with E-state index in [1.54, 1.807) is 0 Å². The Balaban J connectivity index is 1.01. The predicted octanol–water partition coefficient (Wildman–Crippen LogP) is 18.5. The largest absolute Gasteiger partial charge is 0.0642 e. The van der Waals surface area contributed by atoms with Crippen LogP contribution >= 0.6 is 0 Å². The molecule has 1 aliphatic rings. The molecule has 1 aliphatic carbocycles. The molecule has 0 nitrogen and oxygen atoms in total. The third-order valence-electron chi connectivity index (χ3n) is 15.7. The highest BCUT2D eigenvalue weighted by Gasteiger charge is 2.41. The van der Waals surface area contributed by atoms with E-state index < -0.39 is 0 Å². The van der Waals surface area contributed by atoms with E-state index >= 15 is 0 Å². The summed E-state index contributed by atoms with van der Waals surface area (Å²) >= 11 is 0. The first-order valence-electron chi connectivity index (χ1n) is 23.4. The molecule has 13 aromatic rings. The van der Waals surface area contributed by atoms with Crippen molar-refractivity contribution in [3.05, 3.63) is 217 Å². The van der Waals surface area contributed by atoms with Crippen molar-refractivity contribution >= 4 is 97.0 Å². The second kappa shape index (κ2) is 13.6. The minimum absolute atomic E-state index is 0.0895. The number of benzene rings is 13. The second-order valence-electron chi connectivity index (χ2n) is 18.5. The molecule has 0 spiro atoms. The van der Waals surface area contributed by atoms with Crippen LogP contribution in [-0.2, 0) is 5.41 Å². The normalized spacial score (nSPS) is 13.3. The van der Waals surface area contributed by atoms with Crippen molar-refractivity contribution in [3.63, 3.8) is 0 Å². The summed E-state index contributed by atoms with van der Waals surface area (Å²) < 4.78 is 0. The minimum Gasteiger partial charge on any atom is -0.0642 e. The van der Waals surface area contributed by atoms with E-state index in [9.17, 15) is 0 Å². The maximum absolute atomic E-state index is 2.60. The number of hydrogen-bond acceptors (Lipinski definition) is 0. The van der Waals surface area contributed by atoms with Crippen molar-refractivity contribution in [2.45, 2.75) is 32.1 Å². The Bertz CT molecular complexity index is 4150. The fourth-order valence-electron chi connectivity index (χ4n) is 12.6. The molecule has 13 aromatic carbocycles. The summed E-state index contributed by atoms with van der Waals surface area (Å²) in [7, 11) is 0. The molecule has 0 N–H and O–H groups in total. The number of rotatable bonds is 4. The second-order valence-corrected chi connectivity index (χ2v) is 18.5. The van der Waals surface area contributed by atoms with Gasteiger partial charge in [0.25, 0.3) is 0 Å². The van der Waals surface area contributed by atoms with Crippen LogP contribution in [0.4, 0.5) is 0 Å². The van der Waals surface area contributed by atoms with Gasteiger partial charge >= 0.3 is 0 Å². The fraction of sp³-hybridized carbons (Fsp3) is 0.0769. The van der Waals surface area contributed by atoms with Gasteiger partial charge < -0.3 is 0 Å². The maximum atomic E-state index is 2.60. The third-order valence-corrected chi connectivity index (χ3v) is 15.7. The molecule has 0 saturated heterocycles. The average Bonchev–Trinajstić information content (AvgIpc) is 3.64. The van der Waals surface area contributed by atoms with Crippen molar-refractivity contribution in [3.8, 4) is 33.4 Å². The van der Waals surface area contributed by atoms with Crippen LogP contribution in [0.15, 0.2) is 206 Å². The number of fused-ring (bicyclic) bond motifs is 18. The highest BCUT2D eigenvalue weighted by Crippen LogP contribution is 2.57. The first-order valence-corrected chi connectivity index (χ1v) is 23.4. The molecular weight excluding hydrogens is 781 g/mol. The molecule has 0 saturated carbocycles. The highest BCUT2D eigenvalue weighted by molar-refractivity contribution is 6.29. The average molecular weight is 825 g/mol. The zero-order valence-electron chi connectivity index (χ0n) is 36.5. The number of hydrogen-bond donors (Lipinski definition) is 0. The van der Waals surface area contributed by atoms with Crippen LogP contribution in [0.25, 0.3) is 130 Å². The van der Waals surface area contributed by atoms with Gasteiger partial charge in [0.05, 0.1) is 0 Å². The lowest BCUT2D eigenvalue weighted by Crippen LogP contribution is -2.23. The van der Waals surface area contributed by atoms with E-state index in [2.05, 4.69) is 220 Å². The summed E-state index contributed by atoms with van der Waals surface area (Å²) in [6.07, 6.45) is 2.08. The molecule has 0 fully saturated rings. The molecule has 0 aliphatic heterocycles. The molecule has 0 heterocycles. The van der Waals surface area contributed by atoms with Crippen LogP contribution in [0.1, 0.15) is 37.8 Å². The van der Waals surface area contributed by atoms with Gasteiger partial charge in [0.2, 0.25) is 0 Å². The quantitative estimate of drug-likeness (QED) is 0.122. The van der Waals surface area contributed by atoms with Gasteiger partial charge in [-0.1, -0.05) is 184 Å². The lowest BCUT2D eigenvalue weighted by atomic mass is 9.73. The molecule has 304 valence electrons. The molecule has 0 heteroatoms. The van der Waals surface area contributed by atoms with Crippen molar-refractivity contribution in [1.82, 2.24) is 0 Å². The van der Waals surface area contributed by atoms with Gasteiger partial charge in [-0.25, -0.2) is 0 Å². The van der Waals surface area contributed by atoms with Crippen LogP contribution in [0.3, 0.4) is 0 Å². The molecule has 0 unspecified atom stereocenters. The monoisotopic (exact) mass is 824 g/mol. The fourth-order valence-corrected chi connectivity index (χ4v) is 12.6. The van der Waals surface area contributed by atoms with Gasteiger partial charge in [-0.15, -0.1) is 0 Å². The zero-order valence-corrected chi connectivity index (χ0v) is 36.5. The Morgan fingerprint density at radius 2 is 0.615 bits per heavy atom. The van der Waals surface area contributed by atoms with Crippen molar-refractivity contribution in [1.29, 1.82) is 0 Å². The molecule has 0 aromatic heterocycles. The van der Waals surface area contributed by atoms with Crippen LogP contribution in [0, 0.1) is 0 Å². The standard InChI is InChI=1S/C65H44/c1-3-65(4-2)62-37-58-50-26-14-11-23-47(50)46-22-10-13-25-49(46)56(58)35-60(62)61-36-57-52-28-16-15-27-51(52)55-34-41(29-30-53(55)59(57)38-63(61)65)42-31-32-54(48-24-12-9-21-45(42)48)64-43-19-7-5-17-39(43)33-40-18-6-8-20-44(40)64/h5-38H,3-4H2,1-2H3. The molecule has 14 rings (SSSR count). The Kier molecular flexibility index (Phi) is 7.67. The van der Waals surface area contributed by atoms with Gasteiger partial charge in [0.1, 0.15) is 0 Å². The van der Waals surface area contributed by atoms with E-state index in [1.165, 1.54) is 141 Å². The summed E-state index contributed by atoms with van der Waals surface area (Å²) in [4.78, 5) is 0. The third kappa shape index (κ3) is 4.97. The predicted molar refractivity (Wildman–Crippen MR) is 282 cm³/mol. The molecule has 0 bridgehead atoms. The van der Waals surface area contributed by atoms with Crippen LogP contribution in [0.5, 0.6) is 0 Å². The molecular formula is C65H44. The Morgan fingerprint density at radius 1 is 0.262 bits per heavy atom. The molecule has 0 atom stereocenters. The van der Waals surface area contributed by atoms with Gasteiger partial charge in [-0.3, -0.25) is 0 Å². The van der Waals surface area contributed by atoms with Crippen molar-refractivity contribution in [2.24, 2.45) is 0 Å². The lowest BCUT2D eigenvalue weighted by molar-refractivity contribution is 0.491. The molecule has 0 radical (unpaired) electrons. The maximum Gasteiger partial charge on any atom is 0.0210 e. The first kappa shape index (κ1) is 36.7. The zero-order chi connectivity index (χ0) is 43.0. The van der Waals surface area contributed by atoms with Gasteiger partial charge in [0.15, 0.2) is 0 Å². The van der Waals surface area contributed by atoms with Crippen molar-refractivity contribution in [2.75, 3.05) is 0 Å². The first-order chi connectivity index (χ1) is 32.1. The SMILES string of the molecule is CCC1(CC)c2cc3c4ccccc4c4ccccc4c3cc2-c2cc3c4ccccc4c4cc(-c5ccc(-c6c7ccccc7cc7ccccc67)c6ccccc56)ccc4c3cc21. The summed E-state index contributed by atoms with van der Waals surface area (Å²) in [5, 5.41) is 23.5. The minimum atomic E-state index is -0.0895. The smallest absolute Gasteiger partial charge is 0.0210 e. The Hall–Kier alpha value is -7.80. The Labute approximate surface area is 378 Å². The highest BCUT2D eigenvalue weighted by atomic mass is 14.4. The van der Waals surface area contributed by atoms with E-state index in [0.29, 0.717) is 0 Å². The summed E-state index contributed by atoms with van der Waals surface area (Å²) in [5.74, 6) is 0. The van der Waals surface area contributed by atoms with Gasteiger partial charge in [0, 0.05) is 5.41 Å². The van der Waals surface area contributed by atoms with Gasteiger partial charge in [-0.2, -0.15) is 0 Å². The van der Waals surface area contributed by atoms with Crippen LogP contribution in [-0.4, -0.2) is 0 Å². The van der Waals surface area contributed by atoms with E-state index in [-0.39, 0.29) is 5.41 Å². The van der Waals surface area contributed by atoms with E-state index in [1.807, 2.05) is 0 Å². The van der Waals surface area contributed by atoms with E-state index in [4.69, 9.17) is 0 Å². The molecule has 0 amide bonds. The van der Waals surface area contributed by atoms with Gasteiger partial charge in [-0.05, 0) is 191 Å². The lowest BCUT2D eigenvalue weighted by Gasteiger charge is -2.30. The van der Waals surface area contributed by atoms with Crippen LogP contribution in [0.2, 0.25) is 0 Å². The van der Waals surface area contributed by atoms with Crippen LogP contribution < -0.4 is 0 Å². The summed E-state index contributed by atoms with van der Waals surface area (Å²) in [5.41, 5.74) is 10.7. The topological polar surface area (TPSA) is 0 Å². The summed E-state index contributed by atoms with van der Waals surface area (Å²) in [6.45, 7) is 4.80. The van der Waals surface area contributed by atoms with Crippen molar-refractivity contribution < 1.29 is 0 Å².